The van der Waals surface area contributed by atoms with E-state index in [9.17, 15) is 9.59 Å². The molecule has 2 aromatic carbocycles. The highest BCUT2D eigenvalue weighted by molar-refractivity contribution is 7.98. The summed E-state index contributed by atoms with van der Waals surface area (Å²) in [6.07, 6.45) is 5.03. The average Bonchev–Trinajstić information content (AvgIpc) is 3.21. The van der Waals surface area contributed by atoms with E-state index < -0.39 is 11.1 Å². The van der Waals surface area contributed by atoms with Crippen molar-refractivity contribution in [2.24, 2.45) is 0 Å². The molecule has 0 spiro atoms. The van der Waals surface area contributed by atoms with E-state index in [4.69, 9.17) is 16.1 Å². The highest BCUT2D eigenvalue weighted by Crippen LogP contribution is 2.21. The number of aromatic nitrogens is 4. The van der Waals surface area contributed by atoms with Crippen LogP contribution in [0.2, 0.25) is 5.02 Å². The number of benzene rings is 2. The zero-order valence-electron chi connectivity index (χ0n) is 15.3. The van der Waals surface area contributed by atoms with Crippen LogP contribution in [0.4, 0.5) is 0 Å². The summed E-state index contributed by atoms with van der Waals surface area (Å²) in [5.41, 5.74) is -0.00513. The van der Waals surface area contributed by atoms with Crippen molar-refractivity contribution in [2.75, 3.05) is 6.26 Å². The molecule has 7 nitrogen and oxygen atoms in total. The molecule has 2 aromatic heterocycles. The molecule has 0 aliphatic heterocycles. The van der Waals surface area contributed by atoms with E-state index in [1.165, 1.54) is 21.5 Å². The van der Waals surface area contributed by atoms with Gasteiger partial charge in [-0.15, -0.1) is 11.8 Å². The number of hydrogen-bond acceptors (Lipinski definition) is 6. The van der Waals surface area contributed by atoms with Crippen molar-refractivity contribution in [3.05, 3.63) is 92.5 Å². The minimum Gasteiger partial charge on any atom is -0.337 e. The largest absolute Gasteiger partial charge is 0.337 e. The van der Waals surface area contributed by atoms with E-state index in [0.29, 0.717) is 16.5 Å². The Morgan fingerprint density at radius 2 is 1.72 bits per heavy atom. The van der Waals surface area contributed by atoms with E-state index in [1.54, 1.807) is 36.0 Å². The Morgan fingerprint density at radius 3 is 2.41 bits per heavy atom. The minimum atomic E-state index is -0.688. The van der Waals surface area contributed by atoms with Crippen LogP contribution in [0.15, 0.2) is 79.9 Å². The van der Waals surface area contributed by atoms with Gasteiger partial charge in [-0.25, -0.2) is 0 Å². The van der Waals surface area contributed by atoms with Gasteiger partial charge in [0, 0.05) is 33.6 Å². The van der Waals surface area contributed by atoms with Gasteiger partial charge >= 0.3 is 11.1 Å². The minimum absolute atomic E-state index is 0.00538. The number of rotatable bonds is 5. The van der Waals surface area contributed by atoms with Crippen molar-refractivity contribution in [3.8, 4) is 17.1 Å². The van der Waals surface area contributed by atoms with Crippen molar-refractivity contribution in [3.63, 3.8) is 0 Å². The lowest BCUT2D eigenvalue weighted by atomic mass is 10.2. The fourth-order valence-electron chi connectivity index (χ4n) is 2.76. The molecular weight excluding hydrogens is 412 g/mol. The lowest BCUT2D eigenvalue weighted by Gasteiger charge is -2.07. The van der Waals surface area contributed by atoms with Gasteiger partial charge in [-0.3, -0.25) is 18.7 Å². The number of halogens is 1. The van der Waals surface area contributed by atoms with Gasteiger partial charge in [0.2, 0.25) is 11.7 Å². The van der Waals surface area contributed by atoms with Crippen molar-refractivity contribution in [1.82, 2.24) is 19.3 Å². The smallest absolute Gasteiger partial charge is 0.320 e. The molecule has 9 heteroatoms. The monoisotopic (exact) mass is 426 g/mol. The van der Waals surface area contributed by atoms with E-state index >= 15 is 0 Å². The molecule has 0 aliphatic carbocycles. The Labute approximate surface area is 174 Å². The standard InChI is InChI=1S/C20H15ClN4O3S/c1-29-16-8-2-13(3-9-16)18-22-17(28-23-18)12-24-10-11-25(20(27)19(24)26)15-6-4-14(21)5-7-15/h2-11H,12H2,1H3. The van der Waals surface area contributed by atoms with Crippen molar-refractivity contribution >= 4 is 23.4 Å². The van der Waals surface area contributed by atoms with Crippen molar-refractivity contribution in [2.45, 2.75) is 11.4 Å². The Balaban J connectivity index is 1.59. The summed E-state index contributed by atoms with van der Waals surface area (Å²) < 4.78 is 7.76. The normalized spacial score (nSPS) is 11.0. The molecule has 146 valence electrons. The maximum atomic E-state index is 12.5. The van der Waals surface area contributed by atoms with Gasteiger partial charge in [0.05, 0.1) is 0 Å². The van der Waals surface area contributed by atoms with Crippen LogP contribution < -0.4 is 11.1 Å². The lowest BCUT2D eigenvalue weighted by Crippen LogP contribution is -2.40. The molecule has 0 unspecified atom stereocenters. The van der Waals surface area contributed by atoms with Gasteiger partial charge in [-0.2, -0.15) is 4.98 Å². The molecule has 0 saturated carbocycles. The Hall–Kier alpha value is -3.10. The first-order valence-electron chi connectivity index (χ1n) is 8.60. The van der Waals surface area contributed by atoms with Crippen LogP contribution in [0.3, 0.4) is 0 Å². The first-order chi connectivity index (χ1) is 14.0. The van der Waals surface area contributed by atoms with Crippen LogP contribution in [0.25, 0.3) is 17.1 Å². The quantitative estimate of drug-likeness (QED) is 0.359. The van der Waals surface area contributed by atoms with Crippen LogP contribution in [0.5, 0.6) is 0 Å². The molecule has 4 rings (SSSR count). The predicted molar refractivity (Wildman–Crippen MR) is 112 cm³/mol. The fourth-order valence-corrected chi connectivity index (χ4v) is 3.29. The maximum Gasteiger partial charge on any atom is 0.320 e. The second kappa shape index (κ2) is 8.10. The van der Waals surface area contributed by atoms with E-state index in [2.05, 4.69) is 10.1 Å². The van der Waals surface area contributed by atoms with Gasteiger partial charge in [0.1, 0.15) is 6.54 Å². The molecule has 2 heterocycles. The van der Waals surface area contributed by atoms with Crippen LogP contribution in [0, 0.1) is 0 Å². The fraction of sp³-hybridized carbons (Fsp3) is 0.100. The molecule has 29 heavy (non-hydrogen) atoms. The Kier molecular flexibility index (Phi) is 5.37. The Morgan fingerprint density at radius 1 is 1.00 bits per heavy atom. The molecule has 0 N–H and O–H groups in total. The maximum absolute atomic E-state index is 12.5. The third kappa shape index (κ3) is 4.03. The summed E-state index contributed by atoms with van der Waals surface area (Å²) in [5.74, 6) is 0.662. The van der Waals surface area contributed by atoms with Crippen LogP contribution in [-0.4, -0.2) is 25.5 Å². The zero-order chi connectivity index (χ0) is 20.4. The molecule has 0 aliphatic rings. The van der Waals surface area contributed by atoms with Gasteiger partial charge in [-0.1, -0.05) is 16.8 Å². The van der Waals surface area contributed by atoms with Crippen LogP contribution in [0.1, 0.15) is 5.89 Å². The lowest BCUT2D eigenvalue weighted by molar-refractivity contribution is 0.369. The summed E-state index contributed by atoms with van der Waals surface area (Å²) in [7, 11) is 0. The predicted octanol–water partition coefficient (Wildman–Crippen LogP) is 3.47. The van der Waals surface area contributed by atoms with Crippen molar-refractivity contribution < 1.29 is 4.52 Å². The topological polar surface area (TPSA) is 82.9 Å². The third-order valence-corrected chi connectivity index (χ3v) is 5.28. The molecule has 0 amide bonds. The summed E-state index contributed by atoms with van der Waals surface area (Å²) in [6, 6.07) is 14.4. The molecule has 0 bridgehead atoms. The van der Waals surface area contributed by atoms with Gasteiger partial charge in [0.15, 0.2) is 0 Å². The molecular formula is C20H15ClN4O3S. The molecule has 0 saturated heterocycles. The van der Waals surface area contributed by atoms with Gasteiger partial charge in [-0.05, 0) is 54.8 Å². The summed E-state index contributed by atoms with van der Waals surface area (Å²) in [6.45, 7) is 0.00538. The van der Waals surface area contributed by atoms with Crippen molar-refractivity contribution in [1.29, 1.82) is 0 Å². The van der Waals surface area contributed by atoms with Crippen LogP contribution in [-0.2, 0) is 6.54 Å². The van der Waals surface area contributed by atoms with E-state index in [1.807, 2.05) is 30.5 Å². The second-order valence-corrected chi connectivity index (χ2v) is 7.44. The first-order valence-corrected chi connectivity index (χ1v) is 10.2. The zero-order valence-corrected chi connectivity index (χ0v) is 16.9. The molecule has 0 radical (unpaired) electrons. The summed E-state index contributed by atoms with van der Waals surface area (Å²) >= 11 is 7.51. The first kappa shape index (κ1) is 19.2. The Bertz CT molecular complexity index is 1260. The number of thioether (sulfide) groups is 1. The number of nitrogens with zero attached hydrogens (tertiary/aromatic N) is 4. The van der Waals surface area contributed by atoms with E-state index in [0.717, 1.165) is 10.5 Å². The van der Waals surface area contributed by atoms with Crippen LogP contribution >= 0.6 is 23.4 Å². The SMILES string of the molecule is CSc1ccc(-c2noc(Cn3ccn(-c4ccc(Cl)cc4)c(=O)c3=O)n2)cc1. The molecule has 4 aromatic rings. The second-order valence-electron chi connectivity index (χ2n) is 6.12. The summed E-state index contributed by atoms with van der Waals surface area (Å²) in [5, 5.41) is 4.51. The summed E-state index contributed by atoms with van der Waals surface area (Å²) in [4.78, 5) is 30.4. The highest BCUT2D eigenvalue weighted by Gasteiger charge is 2.12. The molecule has 0 fully saturated rings. The van der Waals surface area contributed by atoms with E-state index in [-0.39, 0.29) is 12.4 Å². The van der Waals surface area contributed by atoms with Gasteiger partial charge < -0.3 is 4.52 Å². The molecule has 0 atom stereocenters. The third-order valence-electron chi connectivity index (χ3n) is 4.29. The van der Waals surface area contributed by atoms with Gasteiger partial charge in [0.25, 0.3) is 0 Å². The number of hydrogen-bond donors (Lipinski definition) is 0. The highest BCUT2D eigenvalue weighted by atomic mass is 35.5. The average molecular weight is 427 g/mol.